The van der Waals surface area contributed by atoms with Crippen molar-refractivity contribution in [2.75, 3.05) is 13.9 Å². The van der Waals surface area contributed by atoms with E-state index in [0.717, 1.165) is 11.3 Å². The quantitative estimate of drug-likeness (QED) is 0.477. The maximum absolute atomic E-state index is 11.7. The van der Waals surface area contributed by atoms with Crippen LogP contribution in [-0.4, -0.2) is 34.8 Å². The first-order valence-corrected chi connectivity index (χ1v) is 6.48. The molecule has 3 rings (SSSR count). The Labute approximate surface area is 121 Å². The van der Waals surface area contributed by atoms with Gasteiger partial charge in [0.25, 0.3) is 11.6 Å². The molecular weight excluding hydrogens is 302 g/mol. The third-order valence-electron chi connectivity index (χ3n) is 2.66. The third-order valence-corrected chi connectivity index (χ3v) is 3.56. The van der Waals surface area contributed by atoms with Gasteiger partial charge in [0, 0.05) is 6.07 Å². The number of carbonyl (C=O) groups is 1. The van der Waals surface area contributed by atoms with Crippen LogP contribution in [0.4, 0.5) is 5.69 Å². The molecule has 2 aromatic heterocycles. The van der Waals surface area contributed by atoms with E-state index in [4.69, 9.17) is 9.47 Å². The number of rotatable bonds is 3. The van der Waals surface area contributed by atoms with E-state index in [9.17, 15) is 14.9 Å². The van der Waals surface area contributed by atoms with Gasteiger partial charge in [-0.05, 0) is 5.38 Å². The number of fused-ring (bicyclic) bond motifs is 1. The number of carbonyl (C=O) groups excluding carboxylic acids is 1. The van der Waals surface area contributed by atoms with Crippen LogP contribution >= 0.6 is 11.3 Å². The Morgan fingerprint density at radius 3 is 3.00 bits per heavy atom. The van der Waals surface area contributed by atoms with Gasteiger partial charge in [0.1, 0.15) is 4.88 Å². The fourth-order valence-corrected chi connectivity index (χ4v) is 2.55. The van der Waals surface area contributed by atoms with Gasteiger partial charge >= 0.3 is 5.97 Å². The van der Waals surface area contributed by atoms with Gasteiger partial charge in [0.05, 0.1) is 12.0 Å². The predicted molar refractivity (Wildman–Crippen MR) is 69.5 cm³/mol. The van der Waals surface area contributed by atoms with Crippen LogP contribution in [-0.2, 0) is 4.74 Å². The van der Waals surface area contributed by atoms with Gasteiger partial charge in [0.2, 0.25) is 12.5 Å². The van der Waals surface area contributed by atoms with Crippen molar-refractivity contribution in [3.05, 3.63) is 27.3 Å². The van der Waals surface area contributed by atoms with Crippen LogP contribution < -0.4 is 9.47 Å². The molecule has 0 aromatic carbocycles. The number of hydrogen-bond donors (Lipinski definition) is 0. The molecular formula is C11H7N3O6S. The number of thiophene rings is 1. The van der Waals surface area contributed by atoms with Gasteiger partial charge in [-0.25, -0.2) is 9.78 Å². The zero-order valence-corrected chi connectivity index (χ0v) is 11.4. The Morgan fingerprint density at radius 2 is 2.29 bits per heavy atom. The largest absolute Gasteiger partial charge is 0.464 e. The van der Waals surface area contributed by atoms with Crippen molar-refractivity contribution in [3.8, 4) is 22.3 Å². The summed E-state index contributed by atoms with van der Waals surface area (Å²) in [4.78, 5) is 30.5. The molecule has 0 saturated carbocycles. The topological polar surface area (TPSA) is 114 Å². The van der Waals surface area contributed by atoms with E-state index < -0.39 is 10.9 Å². The standard InChI is InChI=1S/C11H7N3O6S/c1-18-11(15)6-7-10(20-4-19-7)13-9(12-6)8-5(14(16)17)2-3-21-8/h2-3H,4H2,1H3. The molecule has 3 heterocycles. The van der Waals surface area contributed by atoms with E-state index in [0.29, 0.717) is 0 Å². The van der Waals surface area contributed by atoms with E-state index in [1.165, 1.54) is 13.2 Å². The minimum Gasteiger partial charge on any atom is -0.464 e. The van der Waals surface area contributed by atoms with Crippen LogP contribution in [0.3, 0.4) is 0 Å². The summed E-state index contributed by atoms with van der Waals surface area (Å²) in [7, 11) is 1.19. The molecule has 0 spiro atoms. The highest BCUT2D eigenvalue weighted by molar-refractivity contribution is 7.14. The zero-order valence-electron chi connectivity index (χ0n) is 10.6. The van der Waals surface area contributed by atoms with E-state index in [1.807, 2.05) is 0 Å². The minimum absolute atomic E-state index is 0.0151. The number of esters is 1. The molecule has 0 radical (unpaired) electrons. The summed E-state index contributed by atoms with van der Waals surface area (Å²) < 4.78 is 14.9. The Bertz CT molecular complexity index is 744. The van der Waals surface area contributed by atoms with Gasteiger partial charge in [-0.2, -0.15) is 4.98 Å². The van der Waals surface area contributed by atoms with Crippen LogP contribution in [0.1, 0.15) is 10.5 Å². The number of nitrogens with zero attached hydrogens (tertiary/aromatic N) is 3. The first-order chi connectivity index (χ1) is 10.1. The number of ether oxygens (including phenoxy) is 3. The average molecular weight is 309 g/mol. The van der Waals surface area contributed by atoms with Crippen LogP contribution in [0.15, 0.2) is 11.4 Å². The summed E-state index contributed by atoms with van der Waals surface area (Å²) in [5.41, 5.74) is -0.271. The van der Waals surface area contributed by atoms with Gasteiger partial charge < -0.3 is 14.2 Å². The van der Waals surface area contributed by atoms with Crippen LogP contribution in [0.25, 0.3) is 10.7 Å². The lowest BCUT2D eigenvalue weighted by molar-refractivity contribution is -0.383. The zero-order chi connectivity index (χ0) is 15.0. The summed E-state index contributed by atoms with van der Waals surface area (Å²) in [6.07, 6.45) is 0. The van der Waals surface area contributed by atoms with Crippen LogP contribution in [0.2, 0.25) is 0 Å². The van der Waals surface area contributed by atoms with Crippen molar-refractivity contribution < 1.29 is 23.9 Å². The molecule has 0 unspecified atom stereocenters. The highest BCUT2D eigenvalue weighted by atomic mass is 32.1. The summed E-state index contributed by atoms with van der Waals surface area (Å²) >= 11 is 1.09. The van der Waals surface area contributed by atoms with E-state index in [1.54, 1.807) is 5.38 Å². The minimum atomic E-state index is -0.736. The molecule has 0 N–H and O–H groups in total. The maximum Gasteiger partial charge on any atom is 0.360 e. The van der Waals surface area contributed by atoms with E-state index in [2.05, 4.69) is 14.7 Å². The lowest BCUT2D eigenvalue weighted by Crippen LogP contribution is -2.07. The van der Waals surface area contributed by atoms with Gasteiger partial charge in [-0.1, -0.05) is 0 Å². The first kappa shape index (κ1) is 13.2. The first-order valence-electron chi connectivity index (χ1n) is 5.60. The molecule has 0 fully saturated rings. The van der Waals surface area contributed by atoms with Crippen LogP contribution in [0, 0.1) is 10.1 Å². The lowest BCUT2D eigenvalue weighted by Gasteiger charge is -2.04. The fraction of sp³-hybridized carbons (Fsp3) is 0.182. The second-order valence-electron chi connectivity index (χ2n) is 3.82. The van der Waals surface area contributed by atoms with Crippen molar-refractivity contribution in [2.45, 2.75) is 0 Å². The molecule has 21 heavy (non-hydrogen) atoms. The number of hydrogen-bond acceptors (Lipinski definition) is 9. The van der Waals surface area contributed by atoms with E-state index >= 15 is 0 Å². The molecule has 9 nitrogen and oxygen atoms in total. The smallest absolute Gasteiger partial charge is 0.360 e. The number of methoxy groups -OCH3 is 1. The highest BCUT2D eigenvalue weighted by Gasteiger charge is 2.30. The Kier molecular flexibility index (Phi) is 3.14. The Balaban J connectivity index is 2.18. The molecule has 0 aliphatic carbocycles. The SMILES string of the molecule is COC(=O)c1nc(-c2sccc2[N+](=O)[O-])nc2c1OCO2. The molecule has 0 atom stereocenters. The third kappa shape index (κ3) is 2.14. The van der Waals surface area contributed by atoms with Crippen molar-refractivity contribution in [2.24, 2.45) is 0 Å². The second kappa shape index (κ2) is 4.98. The fourth-order valence-electron chi connectivity index (χ4n) is 1.75. The Hall–Kier alpha value is -2.75. The molecule has 108 valence electrons. The van der Waals surface area contributed by atoms with Crippen molar-refractivity contribution in [1.82, 2.24) is 9.97 Å². The van der Waals surface area contributed by atoms with Gasteiger partial charge in [-0.15, -0.1) is 11.3 Å². The van der Waals surface area contributed by atoms with Crippen molar-refractivity contribution in [3.63, 3.8) is 0 Å². The summed E-state index contributed by atoms with van der Waals surface area (Å²) in [6, 6.07) is 1.34. The van der Waals surface area contributed by atoms with Crippen molar-refractivity contribution >= 4 is 23.0 Å². The van der Waals surface area contributed by atoms with Crippen LogP contribution in [0.5, 0.6) is 11.6 Å². The van der Waals surface area contributed by atoms with Gasteiger partial charge in [-0.3, -0.25) is 10.1 Å². The maximum atomic E-state index is 11.7. The highest BCUT2D eigenvalue weighted by Crippen LogP contribution is 2.39. The lowest BCUT2D eigenvalue weighted by atomic mass is 10.3. The molecule has 0 saturated heterocycles. The molecule has 10 heteroatoms. The second-order valence-corrected chi connectivity index (χ2v) is 4.74. The summed E-state index contributed by atoms with van der Waals surface area (Å²) in [6.45, 7) is -0.107. The molecule has 2 aromatic rings. The monoisotopic (exact) mass is 309 g/mol. The van der Waals surface area contributed by atoms with E-state index in [-0.39, 0.29) is 40.5 Å². The number of aromatic nitrogens is 2. The summed E-state index contributed by atoms with van der Waals surface area (Å²) in [5.74, 6) is -0.589. The average Bonchev–Trinajstić information content (AvgIpc) is 3.13. The molecule has 0 bridgehead atoms. The van der Waals surface area contributed by atoms with Crippen molar-refractivity contribution in [1.29, 1.82) is 0 Å². The molecule has 1 aliphatic rings. The molecule has 1 aliphatic heterocycles. The predicted octanol–water partition coefficient (Wildman–Crippen LogP) is 1.63. The summed E-state index contributed by atoms with van der Waals surface area (Å²) in [5, 5.41) is 12.5. The molecule has 0 amide bonds. The Morgan fingerprint density at radius 1 is 1.48 bits per heavy atom. The van der Waals surface area contributed by atoms with Gasteiger partial charge in [0.15, 0.2) is 11.5 Å². The normalized spacial score (nSPS) is 12.2. The number of nitro groups is 1.